The van der Waals surface area contributed by atoms with Gasteiger partial charge in [-0.15, -0.1) is 0 Å². The van der Waals surface area contributed by atoms with Crippen molar-refractivity contribution in [3.63, 3.8) is 0 Å². The summed E-state index contributed by atoms with van der Waals surface area (Å²) < 4.78 is 14.9. The van der Waals surface area contributed by atoms with E-state index in [9.17, 15) is 9.18 Å². The van der Waals surface area contributed by atoms with Gasteiger partial charge in [-0.3, -0.25) is 9.78 Å². The van der Waals surface area contributed by atoms with Crippen molar-refractivity contribution in [1.29, 1.82) is 0 Å². The summed E-state index contributed by atoms with van der Waals surface area (Å²) in [6, 6.07) is 16.2. The predicted octanol–water partition coefficient (Wildman–Crippen LogP) is 3.39. The van der Waals surface area contributed by atoms with Gasteiger partial charge < -0.3 is 5.32 Å². The summed E-state index contributed by atoms with van der Waals surface area (Å²) in [5.74, 6) is 0.168. The van der Waals surface area contributed by atoms with E-state index in [4.69, 9.17) is 0 Å². The smallest absolute Gasteiger partial charge is 0.263 e. The van der Waals surface area contributed by atoms with E-state index in [0.717, 1.165) is 24.1 Å². The molecular formula is C21H18FN5O. The molecule has 6 nitrogen and oxygen atoms in total. The Morgan fingerprint density at radius 3 is 2.57 bits per heavy atom. The molecule has 5 rings (SSSR count). The normalized spacial score (nSPS) is 14.9. The predicted molar refractivity (Wildman–Crippen MR) is 105 cm³/mol. The molecule has 1 aliphatic carbocycles. The fraction of sp³-hybridized carbons (Fsp3) is 0.190. The molecule has 2 aromatic heterocycles. The maximum Gasteiger partial charge on any atom is 0.263 e. The SMILES string of the molecule is O=c1[nH]c(NCC2(c3ccc(F)cc3)CC2)nc2c1cnn2-c1ccccc1. The standard InChI is InChI=1S/C21H18FN5O/c22-15-8-6-14(7-9-15)21(10-11-21)13-23-20-25-18-17(19(28)26-20)12-24-27(18)16-4-2-1-3-5-16/h1-9,12H,10-11,13H2,(H2,23,25,26,28). The lowest BCUT2D eigenvalue weighted by Crippen LogP contribution is -2.22. The fourth-order valence-electron chi connectivity index (χ4n) is 3.54. The number of aromatic nitrogens is 4. The zero-order valence-electron chi connectivity index (χ0n) is 15.0. The summed E-state index contributed by atoms with van der Waals surface area (Å²) in [5, 5.41) is 8.01. The Morgan fingerprint density at radius 1 is 1.11 bits per heavy atom. The summed E-state index contributed by atoms with van der Waals surface area (Å²) in [4.78, 5) is 19.8. The van der Waals surface area contributed by atoms with E-state index in [-0.39, 0.29) is 16.8 Å². The van der Waals surface area contributed by atoms with Gasteiger partial charge in [-0.25, -0.2) is 9.07 Å². The first kappa shape index (κ1) is 16.7. The third kappa shape index (κ3) is 2.85. The topological polar surface area (TPSA) is 75.6 Å². The maximum absolute atomic E-state index is 13.2. The zero-order chi connectivity index (χ0) is 19.1. The number of hydrogen-bond acceptors (Lipinski definition) is 4. The van der Waals surface area contributed by atoms with Gasteiger partial charge in [0.25, 0.3) is 5.56 Å². The Balaban J connectivity index is 1.45. The maximum atomic E-state index is 13.2. The molecule has 0 aliphatic heterocycles. The Kier molecular flexibility index (Phi) is 3.75. The Bertz CT molecular complexity index is 1190. The molecular weight excluding hydrogens is 357 g/mol. The van der Waals surface area contributed by atoms with Crippen molar-refractivity contribution in [2.45, 2.75) is 18.3 Å². The molecule has 4 aromatic rings. The highest BCUT2D eigenvalue weighted by molar-refractivity contribution is 5.76. The van der Waals surface area contributed by atoms with E-state index in [2.05, 4.69) is 20.4 Å². The molecule has 0 unspecified atom stereocenters. The van der Waals surface area contributed by atoms with E-state index < -0.39 is 0 Å². The molecule has 1 aliphatic rings. The number of benzene rings is 2. The lowest BCUT2D eigenvalue weighted by Gasteiger charge is -2.17. The Labute approximate surface area is 160 Å². The summed E-state index contributed by atoms with van der Waals surface area (Å²) >= 11 is 0. The largest absolute Gasteiger partial charge is 0.355 e. The number of nitrogens with zero attached hydrogens (tertiary/aromatic N) is 3. The van der Waals surface area contributed by atoms with Gasteiger partial charge in [0.1, 0.15) is 11.2 Å². The zero-order valence-corrected chi connectivity index (χ0v) is 15.0. The molecule has 2 aromatic carbocycles. The lowest BCUT2D eigenvalue weighted by molar-refractivity contribution is 0.624. The highest BCUT2D eigenvalue weighted by atomic mass is 19.1. The first-order chi connectivity index (χ1) is 13.6. The van der Waals surface area contributed by atoms with Crippen LogP contribution in [0.5, 0.6) is 0 Å². The minimum absolute atomic E-state index is 0.0408. The van der Waals surface area contributed by atoms with Gasteiger partial charge in [-0.1, -0.05) is 30.3 Å². The van der Waals surface area contributed by atoms with Crippen LogP contribution in [-0.2, 0) is 5.41 Å². The number of halogens is 1. The molecule has 0 saturated heterocycles. The molecule has 1 saturated carbocycles. The van der Waals surface area contributed by atoms with Gasteiger partial charge in [0.15, 0.2) is 5.65 Å². The summed E-state index contributed by atoms with van der Waals surface area (Å²) in [6.45, 7) is 0.618. The number of aromatic amines is 1. The molecule has 0 spiro atoms. The molecule has 0 bridgehead atoms. The number of H-pyrrole nitrogens is 1. The number of rotatable bonds is 5. The quantitative estimate of drug-likeness (QED) is 0.561. The molecule has 2 heterocycles. The van der Waals surface area contributed by atoms with Crippen LogP contribution in [0, 0.1) is 5.82 Å². The first-order valence-corrected chi connectivity index (χ1v) is 9.18. The van der Waals surface area contributed by atoms with Crippen molar-refractivity contribution in [3.8, 4) is 5.69 Å². The van der Waals surface area contributed by atoms with Gasteiger partial charge in [-0.2, -0.15) is 10.1 Å². The van der Waals surface area contributed by atoms with Crippen molar-refractivity contribution >= 4 is 17.0 Å². The van der Waals surface area contributed by atoms with Crippen molar-refractivity contribution in [3.05, 3.63) is 82.5 Å². The van der Waals surface area contributed by atoms with Crippen LogP contribution in [0.3, 0.4) is 0 Å². The van der Waals surface area contributed by atoms with Crippen molar-refractivity contribution < 1.29 is 4.39 Å². The molecule has 0 amide bonds. The number of nitrogens with one attached hydrogen (secondary N) is 2. The minimum atomic E-state index is -0.238. The molecule has 2 N–H and O–H groups in total. The third-order valence-corrected chi connectivity index (χ3v) is 5.34. The summed E-state index contributed by atoms with van der Waals surface area (Å²) in [5.41, 5.74) is 2.16. The van der Waals surface area contributed by atoms with Crippen molar-refractivity contribution in [2.75, 3.05) is 11.9 Å². The van der Waals surface area contributed by atoms with Crippen molar-refractivity contribution in [2.24, 2.45) is 0 Å². The van der Waals surface area contributed by atoms with Crippen LogP contribution in [0.2, 0.25) is 0 Å². The van der Waals surface area contributed by atoms with E-state index in [1.54, 1.807) is 4.68 Å². The van der Waals surface area contributed by atoms with Crippen LogP contribution in [0.4, 0.5) is 10.3 Å². The van der Waals surface area contributed by atoms with Crippen LogP contribution >= 0.6 is 0 Å². The number of anilines is 1. The van der Waals surface area contributed by atoms with E-state index in [0.29, 0.717) is 23.5 Å². The number of hydrogen-bond donors (Lipinski definition) is 2. The van der Waals surface area contributed by atoms with E-state index in [1.165, 1.54) is 18.3 Å². The van der Waals surface area contributed by atoms with Crippen LogP contribution in [0.25, 0.3) is 16.7 Å². The second kappa shape index (κ2) is 6.30. The van der Waals surface area contributed by atoms with Gasteiger partial charge in [-0.05, 0) is 42.7 Å². The molecule has 7 heteroatoms. The molecule has 1 fully saturated rings. The Hall–Kier alpha value is -3.48. The average molecular weight is 375 g/mol. The fourth-order valence-corrected chi connectivity index (χ4v) is 3.54. The summed E-state index contributed by atoms with van der Waals surface area (Å²) in [7, 11) is 0. The summed E-state index contributed by atoms with van der Waals surface area (Å²) in [6.07, 6.45) is 3.55. The van der Waals surface area contributed by atoms with Crippen LogP contribution in [0.15, 0.2) is 65.6 Å². The van der Waals surface area contributed by atoms with Gasteiger partial charge in [0.2, 0.25) is 5.95 Å². The second-order valence-corrected chi connectivity index (χ2v) is 7.18. The molecule has 0 radical (unpaired) electrons. The van der Waals surface area contributed by atoms with Gasteiger partial charge >= 0.3 is 0 Å². The highest BCUT2D eigenvalue weighted by Gasteiger charge is 2.44. The van der Waals surface area contributed by atoms with Crippen LogP contribution in [-0.4, -0.2) is 26.3 Å². The first-order valence-electron chi connectivity index (χ1n) is 9.18. The number of fused-ring (bicyclic) bond motifs is 1. The van der Waals surface area contributed by atoms with E-state index in [1.807, 2.05) is 42.5 Å². The molecule has 28 heavy (non-hydrogen) atoms. The molecule has 140 valence electrons. The van der Waals surface area contributed by atoms with Crippen LogP contribution < -0.4 is 10.9 Å². The Morgan fingerprint density at radius 2 is 1.86 bits per heavy atom. The lowest BCUT2D eigenvalue weighted by atomic mass is 9.96. The second-order valence-electron chi connectivity index (χ2n) is 7.18. The third-order valence-electron chi connectivity index (χ3n) is 5.34. The van der Waals surface area contributed by atoms with Gasteiger partial charge in [0.05, 0.1) is 11.9 Å². The van der Waals surface area contributed by atoms with Crippen molar-refractivity contribution in [1.82, 2.24) is 19.7 Å². The number of para-hydroxylation sites is 1. The van der Waals surface area contributed by atoms with Gasteiger partial charge in [0, 0.05) is 12.0 Å². The minimum Gasteiger partial charge on any atom is -0.355 e. The monoisotopic (exact) mass is 375 g/mol. The molecule has 0 atom stereocenters. The van der Waals surface area contributed by atoms with E-state index >= 15 is 0 Å². The highest BCUT2D eigenvalue weighted by Crippen LogP contribution is 2.48. The van der Waals surface area contributed by atoms with Crippen LogP contribution in [0.1, 0.15) is 18.4 Å². The average Bonchev–Trinajstić information content (AvgIpc) is 3.39.